The molecule has 2 fully saturated rings. The van der Waals surface area contributed by atoms with E-state index in [1.54, 1.807) is 13.8 Å². The maximum Gasteiger partial charge on any atom is 0.187 e. The van der Waals surface area contributed by atoms with Gasteiger partial charge in [-0.3, -0.25) is 4.79 Å². The van der Waals surface area contributed by atoms with Gasteiger partial charge < -0.3 is 20.3 Å². The molecule has 6 aliphatic rings. The molecule has 0 saturated heterocycles. The summed E-state index contributed by atoms with van der Waals surface area (Å²) < 4.78 is 12.8. The third-order valence-electron chi connectivity index (χ3n) is 11.5. The number of benzene rings is 1. The van der Waals surface area contributed by atoms with E-state index in [0.717, 1.165) is 50.6 Å². The Morgan fingerprint density at radius 3 is 2.54 bits per heavy atom. The van der Waals surface area contributed by atoms with Crippen LogP contribution in [0.5, 0.6) is 0 Å². The molecular formula is C36H47NO4. The minimum atomic E-state index is -1.18. The number of aliphatic hydroxyl groups is 1. The molecular weight excluding hydrogens is 510 g/mol. The van der Waals surface area contributed by atoms with Gasteiger partial charge in [-0.1, -0.05) is 13.0 Å². The summed E-state index contributed by atoms with van der Waals surface area (Å²) in [5, 5.41) is 10.5. The third-order valence-corrected chi connectivity index (χ3v) is 11.5. The first-order valence-electron chi connectivity index (χ1n) is 15.8. The Morgan fingerprint density at radius 1 is 1.05 bits per heavy atom. The van der Waals surface area contributed by atoms with Crippen LogP contribution in [-0.2, 0) is 20.7 Å². The molecule has 41 heavy (non-hydrogen) atoms. The summed E-state index contributed by atoms with van der Waals surface area (Å²) in [5.74, 6) is 1.33. The minimum absolute atomic E-state index is 0.0623. The Kier molecular flexibility index (Phi) is 5.84. The van der Waals surface area contributed by atoms with Crippen molar-refractivity contribution in [1.29, 1.82) is 0 Å². The van der Waals surface area contributed by atoms with Gasteiger partial charge >= 0.3 is 0 Å². The fraction of sp³-hybridized carbons (Fsp3) is 0.639. The van der Waals surface area contributed by atoms with Gasteiger partial charge in [-0.25, -0.2) is 0 Å². The van der Waals surface area contributed by atoms with E-state index in [1.165, 1.54) is 39.0 Å². The number of hydrogen-bond donors (Lipinski definition) is 2. The van der Waals surface area contributed by atoms with Crippen molar-refractivity contribution >= 4 is 22.6 Å². The molecule has 1 aromatic carbocycles. The molecule has 5 heteroatoms. The van der Waals surface area contributed by atoms with E-state index in [0.29, 0.717) is 17.8 Å². The van der Waals surface area contributed by atoms with Gasteiger partial charge in [0.1, 0.15) is 6.10 Å². The molecule has 0 aromatic heterocycles. The lowest BCUT2D eigenvalue weighted by Crippen LogP contribution is -2.54. The standard InChI is InChI=1S/C36H47NO4/c1-33(2)18-25-22-16-29(37)23(13-21(22)15-28(25)35(5,6)41-33)20-12-19-8-9-26-24-17-30(38)32(34(3,4)39)40-31(24)10-11-36(26,7)27(19)14-20/h13-14,16-17,19,26-27,31-32,39H,8-12,15,18,37H2,1-7H3/t19-,26?,27?,31?,32-,36-/m0/s1. The van der Waals surface area contributed by atoms with Gasteiger partial charge in [0.2, 0.25) is 0 Å². The Hall–Kier alpha value is -2.21. The minimum Gasteiger partial charge on any atom is -0.398 e. The van der Waals surface area contributed by atoms with Crippen LogP contribution in [0.25, 0.3) is 11.1 Å². The molecule has 5 nitrogen and oxygen atoms in total. The molecule has 7 rings (SSSR count). The lowest BCUT2D eigenvalue weighted by Gasteiger charge is -2.55. The molecule has 1 aromatic rings. The van der Waals surface area contributed by atoms with Crippen molar-refractivity contribution in [3.63, 3.8) is 0 Å². The highest BCUT2D eigenvalue weighted by Gasteiger charge is 2.56. The maximum atomic E-state index is 13.0. The molecule has 0 amide bonds. The Morgan fingerprint density at radius 2 is 1.80 bits per heavy atom. The molecule has 6 atom stereocenters. The van der Waals surface area contributed by atoms with E-state index in [4.69, 9.17) is 15.2 Å². The van der Waals surface area contributed by atoms with E-state index in [2.05, 4.69) is 52.8 Å². The number of anilines is 1. The average molecular weight is 558 g/mol. The van der Waals surface area contributed by atoms with Crippen LogP contribution in [0.1, 0.15) is 104 Å². The van der Waals surface area contributed by atoms with Gasteiger partial charge in [0.15, 0.2) is 5.78 Å². The second-order valence-corrected chi connectivity index (χ2v) is 15.8. The van der Waals surface area contributed by atoms with Crippen LogP contribution < -0.4 is 5.73 Å². The van der Waals surface area contributed by atoms with Crippen molar-refractivity contribution in [2.75, 3.05) is 5.73 Å². The van der Waals surface area contributed by atoms with E-state index in [9.17, 15) is 9.90 Å². The largest absolute Gasteiger partial charge is 0.398 e. The van der Waals surface area contributed by atoms with Crippen molar-refractivity contribution in [2.24, 2.45) is 23.2 Å². The SMILES string of the molecule is CC1(C)CC2=C(Cc3cc(C4=CC5[C@@H](CCC6C7=CC(=O)[C@@H](C(C)(C)O)OC7CC[C@@]65C)C4)c(N)cc32)C(C)(C)O1. The molecule has 3 N–H and O–H groups in total. The summed E-state index contributed by atoms with van der Waals surface area (Å²) in [4.78, 5) is 13.0. The molecule has 220 valence electrons. The van der Waals surface area contributed by atoms with Gasteiger partial charge in [-0.2, -0.15) is 0 Å². The van der Waals surface area contributed by atoms with Gasteiger partial charge in [-0.05, 0) is 155 Å². The van der Waals surface area contributed by atoms with Crippen molar-refractivity contribution in [2.45, 2.75) is 122 Å². The fourth-order valence-electron chi connectivity index (χ4n) is 9.85. The van der Waals surface area contributed by atoms with Crippen molar-refractivity contribution in [1.82, 2.24) is 0 Å². The van der Waals surface area contributed by atoms with Crippen molar-refractivity contribution in [3.05, 3.63) is 52.1 Å². The average Bonchev–Trinajstić information content (AvgIpc) is 3.44. The number of hydrogen-bond acceptors (Lipinski definition) is 5. The first-order valence-corrected chi connectivity index (χ1v) is 15.8. The monoisotopic (exact) mass is 557 g/mol. The first kappa shape index (κ1) is 27.6. The number of nitrogen functional groups attached to an aromatic ring is 1. The number of carbonyl (C=O) groups excluding carboxylic acids is 1. The zero-order chi connectivity index (χ0) is 29.3. The molecule has 0 spiro atoms. The number of allylic oxidation sites excluding steroid dienone is 2. The summed E-state index contributed by atoms with van der Waals surface area (Å²) in [6.45, 7) is 14.6. The Labute approximate surface area is 245 Å². The summed E-state index contributed by atoms with van der Waals surface area (Å²) in [6.07, 6.45) is 10.7. The molecule has 2 saturated carbocycles. The molecule has 0 radical (unpaired) electrons. The van der Waals surface area contributed by atoms with Gasteiger partial charge in [-0.15, -0.1) is 0 Å². The quantitative estimate of drug-likeness (QED) is 0.390. The van der Waals surface area contributed by atoms with Crippen molar-refractivity contribution in [3.8, 4) is 0 Å². The van der Waals surface area contributed by atoms with E-state index in [-0.39, 0.29) is 28.5 Å². The number of ether oxygens (including phenoxy) is 2. The highest BCUT2D eigenvalue weighted by atomic mass is 16.5. The highest BCUT2D eigenvalue weighted by Crippen LogP contribution is 2.62. The lowest BCUT2D eigenvalue weighted by molar-refractivity contribution is -0.159. The summed E-state index contributed by atoms with van der Waals surface area (Å²) in [5.41, 5.74) is 15.5. The predicted octanol–water partition coefficient (Wildman–Crippen LogP) is 6.82. The van der Waals surface area contributed by atoms with Crippen LogP contribution in [0, 0.1) is 23.2 Å². The number of carbonyl (C=O) groups is 1. The van der Waals surface area contributed by atoms with Gasteiger partial charge in [0, 0.05) is 17.7 Å². The molecule has 2 aliphatic heterocycles. The Balaban J connectivity index is 1.19. The first-order chi connectivity index (χ1) is 19.1. The highest BCUT2D eigenvalue weighted by molar-refractivity contribution is 5.96. The van der Waals surface area contributed by atoms with Crippen LogP contribution in [0.3, 0.4) is 0 Å². The molecule has 2 heterocycles. The van der Waals surface area contributed by atoms with Gasteiger partial charge in [0.05, 0.1) is 22.9 Å². The van der Waals surface area contributed by atoms with Crippen LogP contribution in [0.15, 0.2) is 35.4 Å². The smallest absolute Gasteiger partial charge is 0.187 e. The summed E-state index contributed by atoms with van der Waals surface area (Å²) in [6, 6.07) is 4.64. The van der Waals surface area contributed by atoms with E-state index >= 15 is 0 Å². The van der Waals surface area contributed by atoms with Crippen LogP contribution in [0.4, 0.5) is 5.69 Å². The zero-order valence-electron chi connectivity index (χ0n) is 25.9. The Bertz CT molecular complexity index is 1440. The molecule has 3 unspecified atom stereocenters. The van der Waals surface area contributed by atoms with Crippen molar-refractivity contribution < 1.29 is 19.4 Å². The van der Waals surface area contributed by atoms with E-state index in [1.807, 2.05) is 6.08 Å². The molecule has 4 aliphatic carbocycles. The normalized spacial score (nSPS) is 37.0. The number of rotatable bonds is 2. The summed E-state index contributed by atoms with van der Waals surface area (Å²) >= 11 is 0. The second-order valence-electron chi connectivity index (χ2n) is 15.8. The lowest BCUT2D eigenvalue weighted by atomic mass is 9.51. The number of fused-ring (bicyclic) bond motifs is 7. The number of ketones is 1. The maximum absolute atomic E-state index is 13.0. The fourth-order valence-corrected chi connectivity index (χ4v) is 9.85. The summed E-state index contributed by atoms with van der Waals surface area (Å²) in [7, 11) is 0. The van der Waals surface area contributed by atoms with Crippen LogP contribution in [0.2, 0.25) is 0 Å². The van der Waals surface area contributed by atoms with E-state index < -0.39 is 11.7 Å². The van der Waals surface area contributed by atoms with Gasteiger partial charge in [0.25, 0.3) is 0 Å². The third kappa shape index (κ3) is 4.17. The second kappa shape index (κ2) is 8.67. The molecule has 0 bridgehead atoms. The number of nitrogens with two attached hydrogens (primary N) is 1. The van der Waals surface area contributed by atoms with Crippen LogP contribution in [-0.4, -0.2) is 39.9 Å². The topological polar surface area (TPSA) is 81.8 Å². The zero-order valence-corrected chi connectivity index (χ0v) is 25.9. The predicted molar refractivity (Wildman–Crippen MR) is 163 cm³/mol. The van der Waals surface area contributed by atoms with Crippen LogP contribution >= 0.6 is 0 Å².